The van der Waals surface area contributed by atoms with Crippen LogP contribution in [-0.2, 0) is 6.54 Å². The van der Waals surface area contributed by atoms with E-state index in [-0.39, 0.29) is 0 Å². The molecule has 0 aliphatic carbocycles. The van der Waals surface area contributed by atoms with Crippen LogP contribution in [0.2, 0.25) is 5.02 Å². The molecule has 2 aromatic carbocycles. The van der Waals surface area contributed by atoms with Crippen LogP contribution >= 0.6 is 11.6 Å². The number of nitrogens with zero attached hydrogens (tertiary/aromatic N) is 3. The smallest absolute Gasteiger partial charge is 0.0545 e. The first-order valence-corrected chi connectivity index (χ1v) is 8.40. The van der Waals surface area contributed by atoms with Crippen LogP contribution in [0.3, 0.4) is 0 Å². The van der Waals surface area contributed by atoms with Crippen LogP contribution in [0.5, 0.6) is 0 Å². The summed E-state index contributed by atoms with van der Waals surface area (Å²) in [6, 6.07) is 16.5. The zero-order valence-electron chi connectivity index (χ0n) is 13.5. The van der Waals surface area contributed by atoms with Gasteiger partial charge in [0.1, 0.15) is 0 Å². The fraction of sp³-hybridized carbons (Fsp3) is 0.316. The zero-order valence-corrected chi connectivity index (χ0v) is 14.2. The molecule has 0 spiro atoms. The van der Waals surface area contributed by atoms with E-state index in [2.05, 4.69) is 58.3 Å². The van der Waals surface area contributed by atoms with Crippen molar-refractivity contribution in [3.63, 3.8) is 0 Å². The van der Waals surface area contributed by atoms with Crippen molar-refractivity contribution in [2.45, 2.75) is 13.5 Å². The summed E-state index contributed by atoms with van der Waals surface area (Å²) >= 11 is 5.93. The lowest BCUT2D eigenvalue weighted by Gasteiger charge is -2.33. The standard InChI is InChI=1S/C19H22ClN3/c1-16-4-2-3-5-18(16)14-21-23-12-10-22(11-13-23)15-17-6-8-19(20)9-7-17/h2-9,14H,10-13,15H2,1H3. The molecule has 1 aliphatic rings. The van der Waals surface area contributed by atoms with Crippen molar-refractivity contribution in [1.82, 2.24) is 9.91 Å². The van der Waals surface area contributed by atoms with Gasteiger partial charge in [-0.3, -0.25) is 9.91 Å². The molecule has 0 bridgehead atoms. The lowest BCUT2D eigenvalue weighted by molar-refractivity contribution is 0.131. The molecule has 0 amide bonds. The first-order valence-electron chi connectivity index (χ1n) is 8.02. The minimum Gasteiger partial charge on any atom is -0.295 e. The summed E-state index contributed by atoms with van der Waals surface area (Å²) in [4.78, 5) is 2.46. The fourth-order valence-corrected chi connectivity index (χ4v) is 2.86. The van der Waals surface area contributed by atoms with Crippen molar-refractivity contribution in [2.75, 3.05) is 26.2 Å². The predicted molar refractivity (Wildman–Crippen MR) is 97.1 cm³/mol. The van der Waals surface area contributed by atoms with Crippen LogP contribution in [0.15, 0.2) is 53.6 Å². The highest BCUT2D eigenvalue weighted by molar-refractivity contribution is 6.30. The molecule has 0 N–H and O–H groups in total. The Kier molecular flexibility index (Phi) is 5.31. The summed E-state index contributed by atoms with van der Waals surface area (Å²) in [5, 5.41) is 7.58. The maximum atomic E-state index is 5.93. The molecule has 2 aromatic rings. The van der Waals surface area contributed by atoms with Crippen molar-refractivity contribution >= 4 is 17.8 Å². The molecule has 3 rings (SSSR count). The number of piperazine rings is 1. The molecular weight excluding hydrogens is 306 g/mol. The Hall–Kier alpha value is -1.84. The summed E-state index contributed by atoms with van der Waals surface area (Å²) in [6.07, 6.45) is 1.98. The van der Waals surface area contributed by atoms with Crippen LogP contribution in [0, 0.1) is 6.92 Å². The molecule has 3 nitrogen and oxygen atoms in total. The van der Waals surface area contributed by atoms with E-state index >= 15 is 0 Å². The second-order valence-electron chi connectivity index (χ2n) is 5.96. The minimum atomic E-state index is 0.795. The highest BCUT2D eigenvalue weighted by atomic mass is 35.5. The van der Waals surface area contributed by atoms with Gasteiger partial charge in [-0.05, 0) is 35.7 Å². The number of rotatable bonds is 4. The maximum absolute atomic E-state index is 5.93. The van der Waals surface area contributed by atoms with Gasteiger partial charge in [0.25, 0.3) is 0 Å². The van der Waals surface area contributed by atoms with E-state index in [1.165, 1.54) is 16.7 Å². The Balaban J connectivity index is 1.50. The summed E-state index contributed by atoms with van der Waals surface area (Å²) < 4.78 is 0. The molecule has 1 saturated heterocycles. The predicted octanol–water partition coefficient (Wildman–Crippen LogP) is 3.80. The number of hydrogen-bond acceptors (Lipinski definition) is 3. The van der Waals surface area contributed by atoms with Crippen LogP contribution in [-0.4, -0.2) is 42.3 Å². The Morgan fingerprint density at radius 1 is 1.00 bits per heavy atom. The monoisotopic (exact) mass is 327 g/mol. The first-order chi connectivity index (χ1) is 11.2. The van der Waals surface area contributed by atoms with Crippen molar-refractivity contribution in [1.29, 1.82) is 0 Å². The highest BCUT2D eigenvalue weighted by Gasteiger charge is 2.15. The van der Waals surface area contributed by atoms with Crippen molar-refractivity contribution in [2.24, 2.45) is 5.10 Å². The topological polar surface area (TPSA) is 18.8 Å². The molecule has 120 valence electrons. The molecular formula is C19H22ClN3. The third-order valence-electron chi connectivity index (χ3n) is 4.22. The quantitative estimate of drug-likeness (QED) is 0.795. The van der Waals surface area contributed by atoms with Crippen molar-refractivity contribution in [3.8, 4) is 0 Å². The van der Waals surface area contributed by atoms with E-state index in [0.29, 0.717) is 0 Å². The van der Waals surface area contributed by atoms with Gasteiger partial charge < -0.3 is 0 Å². The summed E-state index contributed by atoms with van der Waals surface area (Å²) in [6.45, 7) is 7.10. The molecule has 1 fully saturated rings. The molecule has 0 saturated carbocycles. The van der Waals surface area contributed by atoms with E-state index in [1.807, 2.05) is 18.3 Å². The lowest BCUT2D eigenvalue weighted by Crippen LogP contribution is -2.43. The Labute approximate surface area is 143 Å². The first kappa shape index (κ1) is 16.0. The van der Waals surface area contributed by atoms with Crippen molar-refractivity contribution < 1.29 is 0 Å². The van der Waals surface area contributed by atoms with Gasteiger partial charge in [-0.15, -0.1) is 0 Å². The molecule has 4 heteroatoms. The third-order valence-corrected chi connectivity index (χ3v) is 4.47. The Morgan fingerprint density at radius 2 is 1.70 bits per heavy atom. The number of hydrazone groups is 1. The number of hydrogen-bond donors (Lipinski definition) is 0. The summed E-state index contributed by atoms with van der Waals surface area (Å²) in [5.41, 5.74) is 3.76. The molecule has 0 aromatic heterocycles. The number of benzene rings is 2. The number of halogens is 1. The van der Waals surface area contributed by atoms with Gasteiger partial charge in [-0.2, -0.15) is 5.10 Å². The van der Waals surface area contributed by atoms with Crippen LogP contribution in [0.1, 0.15) is 16.7 Å². The van der Waals surface area contributed by atoms with Gasteiger partial charge in [-0.25, -0.2) is 0 Å². The van der Waals surface area contributed by atoms with Gasteiger partial charge in [0.05, 0.1) is 6.21 Å². The van der Waals surface area contributed by atoms with Crippen molar-refractivity contribution in [3.05, 3.63) is 70.2 Å². The van der Waals surface area contributed by atoms with Gasteiger partial charge in [0.2, 0.25) is 0 Å². The number of aryl methyl sites for hydroxylation is 1. The normalized spacial score (nSPS) is 16.2. The SMILES string of the molecule is Cc1ccccc1C=NN1CCN(Cc2ccc(Cl)cc2)CC1. The summed E-state index contributed by atoms with van der Waals surface area (Å²) in [7, 11) is 0. The minimum absolute atomic E-state index is 0.795. The van der Waals surface area contributed by atoms with Crippen LogP contribution < -0.4 is 0 Å². The van der Waals surface area contributed by atoms with Gasteiger partial charge in [0.15, 0.2) is 0 Å². The molecule has 0 radical (unpaired) electrons. The maximum Gasteiger partial charge on any atom is 0.0545 e. The molecule has 0 unspecified atom stereocenters. The van der Waals surface area contributed by atoms with Crippen LogP contribution in [0.4, 0.5) is 0 Å². The van der Waals surface area contributed by atoms with E-state index in [0.717, 1.165) is 37.7 Å². The Bertz CT molecular complexity index is 659. The van der Waals surface area contributed by atoms with E-state index < -0.39 is 0 Å². The lowest BCUT2D eigenvalue weighted by atomic mass is 10.1. The van der Waals surface area contributed by atoms with E-state index in [9.17, 15) is 0 Å². The second-order valence-corrected chi connectivity index (χ2v) is 6.39. The summed E-state index contributed by atoms with van der Waals surface area (Å²) in [5.74, 6) is 0. The van der Waals surface area contributed by atoms with Crippen LogP contribution in [0.25, 0.3) is 0 Å². The average Bonchev–Trinajstić information content (AvgIpc) is 2.58. The van der Waals surface area contributed by atoms with E-state index in [1.54, 1.807) is 0 Å². The molecule has 1 heterocycles. The van der Waals surface area contributed by atoms with Gasteiger partial charge >= 0.3 is 0 Å². The average molecular weight is 328 g/mol. The molecule has 1 aliphatic heterocycles. The highest BCUT2D eigenvalue weighted by Crippen LogP contribution is 2.13. The van der Waals surface area contributed by atoms with E-state index in [4.69, 9.17) is 11.6 Å². The van der Waals surface area contributed by atoms with Gasteiger partial charge in [-0.1, -0.05) is 48.0 Å². The third kappa shape index (κ3) is 4.57. The fourth-order valence-electron chi connectivity index (χ4n) is 2.73. The molecule has 0 atom stereocenters. The zero-order chi connectivity index (χ0) is 16.1. The van der Waals surface area contributed by atoms with Gasteiger partial charge in [0, 0.05) is 37.7 Å². The second kappa shape index (κ2) is 7.62. The largest absolute Gasteiger partial charge is 0.295 e. The molecule has 23 heavy (non-hydrogen) atoms. The Morgan fingerprint density at radius 3 is 2.39 bits per heavy atom.